The van der Waals surface area contributed by atoms with E-state index in [-0.39, 0.29) is 11.3 Å². The molecular formula is C13H22BrN3O. The van der Waals surface area contributed by atoms with E-state index in [9.17, 15) is 4.79 Å². The number of aryl methyl sites for hydroxylation is 2. The summed E-state index contributed by atoms with van der Waals surface area (Å²) >= 11 is 3.50. The fraction of sp³-hybridized carbons (Fsp3) is 0.692. The fourth-order valence-electron chi connectivity index (χ4n) is 1.65. The van der Waals surface area contributed by atoms with Crippen molar-refractivity contribution >= 4 is 21.7 Å². The van der Waals surface area contributed by atoms with E-state index in [1.54, 1.807) is 0 Å². The number of carbonyl (C=O) groups excluding carboxylic acids is 1. The molecule has 1 rings (SSSR count). The van der Waals surface area contributed by atoms with Crippen LogP contribution in [0.15, 0.2) is 4.47 Å². The van der Waals surface area contributed by atoms with E-state index in [0.717, 1.165) is 22.4 Å². The van der Waals surface area contributed by atoms with Gasteiger partial charge in [-0.1, -0.05) is 0 Å². The molecule has 0 aliphatic rings. The first-order chi connectivity index (χ1) is 8.24. The number of ketones is 1. The van der Waals surface area contributed by atoms with Crippen molar-refractivity contribution < 1.29 is 4.79 Å². The SMILES string of the molecule is CCn1nc(C)c(Br)c1CC(=O)CNC(C)(C)C. The van der Waals surface area contributed by atoms with Crippen molar-refractivity contribution in [3.63, 3.8) is 0 Å². The highest BCUT2D eigenvalue weighted by Gasteiger charge is 2.17. The fourth-order valence-corrected chi connectivity index (χ4v) is 2.08. The summed E-state index contributed by atoms with van der Waals surface area (Å²) in [5, 5.41) is 7.60. The summed E-state index contributed by atoms with van der Waals surface area (Å²) in [6, 6.07) is 0. The highest BCUT2D eigenvalue weighted by molar-refractivity contribution is 9.10. The maximum absolute atomic E-state index is 12.0. The zero-order valence-corrected chi connectivity index (χ0v) is 13.4. The van der Waals surface area contributed by atoms with Gasteiger partial charge in [-0.05, 0) is 50.5 Å². The lowest BCUT2D eigenvalue weighted by Crippen LogP contribution is -2.39. The number of halogens is 1. The molecule has 0 unspecified atom stereocenters. The van der Waals surface area contributed by atoms with Crippen LogP contribution in [0.5, 0.6) is 0 Å². The molecule has 1 aromatic heterocycles. The average Bonchev–Trinajstić information content (AvgIpc) is 2.53. The monoisotopic (exact) mass is 315 g/mol. The number of rotatable bonds is 5. The van der Waals surface area contributed by atoms with Gasteiger partial charge >= 0.3 is 0 Å². The first-order valence-electron chi connectivity index (χ1n) is 6.23. The van der Waals surface area contributed by atoms with Crippen molar-refractivity contribution in [1.82, 2.24) is 15.1 Å². The summed E-state index contributed by atoms with van der Waals surface area (Å²) in [6.07, 6.45) is 0.415. The predicted octanol–water partition coefficient (Wildman–Crippen LogP) is 2.47. The molecule has 0 radical (unpaired) electrons. The molecule has 0 fully saturated rings. The number of hydrogen-bond donors (Lipinski definition) is 1. The van der Waals surface area contributed by atoms with Gasteiger partial charge in [-0.15, -0.1) is 0 Å². The maximum atomic E-state index is 12.0. The van der Waals surface area contributed by atoms with Crippen molar-refractivity contribution in [2.75, 3.05) is 6.54 Å². The van der Waals surface area contributed by atoms with Gasteiger partial charge in [-0.3, -0.25) is 9.48 Å². The highest BCUT2D eigenvalue weighted by atomic mass is 79.9. The van der Waals surface area contributed by atoms with Gasteiger partial charge in [-0.25, -0.2) is 0 Å². The Morgan fingerprint density at radius 1 is 1.44 bits per heavy atom. The standard InChI is InChI=1S/C13H22BrN3O/c1-6-17-11(12(14)9(2)16-17)7-10(18)8-15-13(3,4)5/h15H,6-8H2,1-5H3. The first-order valence-corrected chi connectivity index (χ1v) is 7.02. The van der Waals surface area contributed by atoms with Gasteiger partial charge in [0.25, 0.3) is 0 Å². The van der Waals surface area contributed by atoms with Gasteiger partial charge in [0.05, 0.1) is 28.8 Å². The molecule has 0 atom stereocenters. The second-order valence-corrected chi connectivity index (χ2v) is 6.27. The molecule has 0 aliphatic carbocycles. The van der Waals surface area contributed by atoms with Gasteiger partial charge in [-0.2, -0.15) is 5.10 Å². The Labute approximate surface area is 117 Å². The molecule has 4 nitrogen and oxygen atoms in total. The smallest absolute Gasteiger partial charge is 0.152 e. The van der Waals surface area contributed by atoms with Crippen LogP contribution in [-0.4, -0.2) is 27.6 Å². The third-order valence-corrected chi connectivity index (χ3v) is 3.66. The molecule has 1 heterocycles. The van der Waals surface area contributed by atoms with Crippen LogP contribution in [0.1, 0.15) is 39.1 Å². The number of nitrogens with one attached hydrogen (secondary N) is 1. The van der Waals surface area contributed by atoms with Crippen LogP contribution in [0.2, 0.25) is 0 Å². The molecule has 0 aromatic carbocycles. The zero-order chi connectivity index (χ0) is 13.9. The minimum atomic E-state index is -0.0339. The highest BCUT2D eigenvalue weighted by Crippen LogP contribution is 2.21. The summed E-state index contributed by atoms with van der Waals surface area (Å²) < 4.78 is 2.84. The lowest BCUT2D eigenvalue weighted by Gasteiger charge is -2.19. The molecule has 0 saturated heterocycles. The predicted molar refractivity (Wildman–Crippen MR) is 76.8 cm³/mol. The van der Waals surface area contributed by atoms with E-state index in [0.29, 0.717) is 13.0 Å². The summed E-state index contributed by atoms with van der Waals surface area (Å²) in [5.41, 5.74) is 1.87. The molecule has 5 heteroatoms. The molecule has 0 bridgehead atoms. The van der Waals surface area contributed by atoms with Crippen molar-refractivity contribution in [1.29, 1.82) is 0 Å². The largest absolute Gasteiger partial charge is 0.305 e. The summed E-state index contributed by atoms with van der Waals surface area (Å²) in [4.78, 5) is 12.0. The molecule has 18 heavy (non-hydrogen) atoms. The number of hydrogen-bond acceptors (Lipinski definition) is 3. The minimum absolute atomic E-state index is 0.0339. The van der Waals surface area contributed by atoms with Crippen LogP contribution in [0.3, 0.4) is 0 Å². The van der Waals surface area contributed by atoms with E-state index in [2.05, 4.69) is 47.1 Å². The van der Waals surface area contributed by atoms with Crippen molar-refractivity contribution in [3.05, 3.63) is 15.9 Å². The molecule has 1 N–H and O–H groups in total. The van der Waals surface area contributed by atoms with Crippen molar-refractivity contribution in [3.8, 4) is 0 Å². The van der Waals surface area contributed by atoms with Crippen molar-refractivity contribution in [2.45, 2.75) is 53.1 Å². The van der Waals surface area contributed by atoms with E-state index in [1.807, 2.05) is 18.5 Å². The average molecular weight is 316 g/mol. The zero-order valence-electron chi connectivity index (χ0n) is 11.8. The van der Waals surface area contributed by atoms with Gasteiger partial charge in [0.2, 0.25) is 0 Å². The maximum Gasteiger partial charge on any atom is 0.152 e. The van der Waals surface area contributed by atoms with Gasteiger partial charge in [0, 0.05) is 12.1 Å². The minimum Gasteiger partial charge on any atom is -0.305 e. The van der Waals surface area contributed by atoms with Crippen LogP contribution in [-0.2, 0) is 17.8 Å². The Morgan fingerprint density at radius 2 is 2.06 bits per heavy atom. The quantitative estimate of drug-likeness (QED) is 0.908. The normalized spacial score (nSPS) is 11.9. The molecule has 0 amide bonds. The van der Waals surface area contributed by atoms with E-state index in [1.165, 1.54) is 0 Å². The number of carbonyl (C=O) groups is 1. The van der Waals surface area contributed by atoms with E-state index < -0.39 is 0 Å². The lowest BCUT2D eigenvalue weighted by atomic mass is 10.1. The van der Waals surface area contributed by atoms with Crippen LogP contribution in [0, 0.1) is 6.92 Å². The molecule has 0 saturated carbocycles. The first kappa shape index (κ1) is 15.4. The number of nitrogens with zero attached hydrogens (tertiary/aromatic N) is 2. The Balaban J connectivity index is 2.70. The third-order valence-electron chi connectivity index (χ3n) is 2.63. The summed E-state index contributed by atoms with van der Waals surface area (Å²) in [6.45, 7) is 11.3. The Kier molecular flexibility index (Phi) is 5.10. The van der Waals surface area contributed by atoms with Gasteiger partial charge in [0.15, 0.2) is 5.78 Å². The van der Waals surface area contributed by atoms with E-state index >= 15 is 0 Å². The van der Waals surface area contributed by atoms with Gasteiger partial charge in [0.1, 0.15) is 0 Å². The van der Waals surface area contributed by atoms with Crippen LogP contribution < -0.4 is 5.32 Å². The molecular weight excluding hydrogens is 294 g/mol. The molecule has 0 aliphatic heterocycles. The molecule has 102 valence electrons. The number of Topliss-reactive ketones (excluding diaryl/α,β-unsaturated/α-hetero) is 1. The number of aromatic nitrogens is 2. The second-order valence-electron chi connectivity index (χ2n) is 5.48. The molecule has 0 spiro atoms. The van der Waals surface area contributed by atoms with Crippen molar-refractivity contribution in [2.24, 2.45) is 0 Å². The lowest BCUT2D eigenvalue weighted by molar-refractivity contribution is -0.118. The summed E-state index contributed by atoms with van der Waals surface area (Å²) in [7, 11) is 0. The third kappa shape index (κ3) is 4.21. The van der Waals surface area contributed by atoms with Crippen LogP contribution in [0.25, 0.3) is 0 Å². The molecule has 1 aromatic rings. The van der Waals surface area contributed by atoms with Crippen LogP contribution >= 0.6 is 15.9 Å². The Hall–Kier alpha value is -0.680. The topological polar surface area (TPSA) is 46.9 Å². The summed E-state index contributed by atoms with van der Waals surface area (Å²) in [5.74, 6) is 0.181. The Morgan fingerprint density at radius 3 is 2.56 bits per heavy atom. The Bertz CT molecular complexity index is 432. The van der Waals surface area contributed by atoms with Gasteiger partial charge < -0.3 is 5.32 Å². The van der Waals surface area contributed by atoms with E-state index in [4.69, 9.17) is 0 Å². The van der Waals surface area contributed by atoms with Crippen LogP contribution in [0.4, 0.5) is 0 Å². The second kappa shape index (κ2) is 5.97.